The van der Waals surface area contributed by atoms with Gasteiger partial charge < -0.3 is 4.74 Å². The summed E-state index contributed by atoms with van der Waals surface area (Å²) in [5.41, 5.74) is 0.935. The van der Waals surface area contributed by atoms with Gasteiger partial charge in [0, 0.05) is 11.2 Å². The number of alkyl halides is 3. The van der Waals surface area contributed by atoms with Crippen molar-refractivity contribution >= 4 is 17.9 Å². The Balaban J connectivity index is 1.87. The van der Waals surface area contributed by atoms with Crippen molar-refractivity contribution in [2.45, 2.75) is 31.5 Å². The van der Waals surface area contributed by atoms with Crippen molar-refractivity contribution in [1.82, 2.24) is 4.57 Å². The minimum Gasteiger partial charge on any atom is -0.489 e. The third-order valence-corrected chi connectivity index (χ3v) is 4.21. The molecule has 1 aliphatic rings. The summed E-state index contributed by atoms with van der Waals surface area (Å²) in [4.78, 5) is 0. The largest absolute Gasteiger partial charge is 0.489 e. The van der Waals surface area contributed by atoms with Gasteiger partial charge in [-0.15, -0.1) is 0 Å². The Kier molecular flexibility index (Phi) is 4.60. The van der Waals surface area contributed by atoms with Crippen molar-refractivity contribution in [2.75, 3.05) is 0 Å². The highest BCUT2D eigenvalue weighted by Gasteiger charge is 2.31. The van der Waals surface area contributed by atoms with Crippen molar-refractivity contribution < 1.29 is 17.9 Å². The molecule has 0 spiro atoms. The smallest absolute Gasteiger partial charge is 0.416 e. The molecule has 0 saturated heterocycles. The quantitative estimate of drug-likeness (QED) is 0.589. The molecule has 0 unspecified atom stereocenters. The fourth-order valence-electron chi connectivity index (χ4n) is 2.59. The average Bonchev–Trinajstić information content (AvgIpc) is 3.36. The standard InChI is InChI=1S/C17H15ClF3N3O/c18-13-4-12(17(19,20)21)5-14(6-13)25-8-11-3-16(23)24(9-22)7-15(11)10-1-2-10/h3-7,9-10,22-23H,1-2,8H2. The molecular weight excluding hydrogens is 355 g/mol. The summed E-state index contributed by atoms with van der Waals surface area (Å²) in [5, 5.41) is 15.2. The lowest BCUT2D eigenvalue weighted by molar-refractivity contribution is -0.137. The first-order chi connectivity index (χ1) is 11.8. The molecule has 0 radical (unpaired) electrons. The first kappa shape index (κ1) is 17.5. The van der Waals surface area contributed by atoms with E-state index in [1.54, 1.807) is 12.3 Å². The van der Waals surface area contributed by atoms with Crippen LogP contribution >= 0.6 is 11.6 Å². The normalized spacial score (nSPS) is 14.4. The Bertz CT molecular complexity index is 872. The van der Waals surface area contributed by atoms with Crippen LogP contribution in [0.15, 0.2) is 30.5 Å². The number of halogens is 4. The van der Waals surface area contributed by atoms with Crippen LogP contribution in [0.2, 0.25) is 5.02 Å². The van der Waals surface area contributed by atoms with E-state index >= 15 is 0 Å². The molecule has 1 aromatic heterocycles. The number of rotatable bonds is 5. The Morgan fingerprint density at radius 1 is 1.24 bits per heavy atom. The fourth-order valence-corrected chi connectivity index (χ4v) is 2.81. The van der Waals surface area contributed by atoms with E-state index in [1.807, 2.05) is 0 Å². The van der Waals surface area contributed by atoms with Crippen LogP contribution in [0.4, 0.5) is 13.2 Å². The Hall–Kier alpha value is -2.28. The van der Waals surface area contributed by atoms with Gasteiger partial charge in [-0.05, 0) is 54.2 Å². The van der Waals surface area contributed by atoms with Crippen LogP contribution in [-0.4, -0.2) is 10.9 Å². The van der Waals surface area contributed by atoms with Gasteiger partial charge in [-0.25, -0.2) is 0 Å². The summed E-state index contributed by atoms with van der Waals surface area (Å²) >= 11 is 5.76. The van der Waals surface area contributed by atoms with Crippen molar-refractivity contribution in [1.29, 1.82) is 10.8 Å². The van der Waals surface area contributed by atoms with E-state index in [2.05, 4.69) is 0 Å². The van der Waals surface area contributed by atoms with Crippen LogP contribution in [0.1, 0.15) is 35.4 Å². The van der Waals surface area contributed by atoms with Crippen LogP contribution in [0, 0.1) is 10.8 Å². The zero-order chi connectivity index (χ0) is 18.2. The van der Waals surface area contributed by atoms with E-state index < -0.39 is 11.7 Å². The third kappa shape index (κ3) is 4.04. The lowest BCUT2D eigenvalue weighted by atomic mass is 10.1. The monoisotopic (exact) mass is 369 g/mol. The Morgan fingerprint density at radius 2 is 1.96 bits per heavy atom. The van der Waals surface area contributed by atoms with Gasteiger partial charge >= 0.3 is 6.18 Å². The molecule has 8 heteroatoms. The molecule has 3 rings (SSSR count). The molecule has 0 amide bonds. The van der Waals surface area contributed by atoms with Gasteiger partial charge in [-0.1, -0.05) is 11.6 Å². The predicted molar refractivity (Wildman–Crippen MR) is 87.2 cm³/mol. The minimum atomic E-state index is -4.50. The maximum atomic E-state index is 12.9. The lowest BCUT2D eigenvalue weighted by Gasteiger charge is -2.14. The molecule has 1 heterocycles. The molecule has 25 heavy (non-hydrogen) atoms. The van der Waals surface area contributed by atoms with Crippen LogP contribution < -0.4 is 10.2 Å². The highest BCUT2D eigenvalue weighted by Crippen LogP contribution is 2.41. The number of pyridine rings is 1. The van der Waals surface area contributed by atoms with E-state index in [9.17, 15) is 13.2 Å². The number of hydrogen-bond acceptors (Lipinski definition) is 3. The van der Waals surface area contributed by atoms with Gasteiger partial charge in [0.25, 0.3) is 0 Å². The fraction of sp³-hybridized carbons (Fsp3) is 0.294. The van der Waals surface area contributed by atoms with Crippen molar-refractivity contribution in [3.8, 4) is 5.75 Å². The summed E-state index contributed by atoms with van der Waals surface area (Å²) < 4.78 is 45.5. The van der Waals surface area contributed by atoms with Crippen LogP contribution in [0.25, 0.3) is 0 Å². The number of ether oxygens (including phenoxy) is 1. The van der Waals surface area contributed by atoms with Gasteiger partial charge in [0.15, 0.2) is 0 Å². The molecule has 0 aliphatic heterocycles. The number of nitrogens with zero attached hydrogens (tertiary/aromatic N) is 1. The van der Waals surface area contributed by atoms with Crippen molar-refractivity contribution in [3.05, 3.63) is 57.7 Å². The van der Waals surface area contributed by atoms with Crippen LogP contribution in [0.3, 0.4) is 0 Å². The molecule has 1 fully saturated rings. The molecule has 4 nitrogen and oxygen atoms in total. The van der Waals surface area contributed by atoms with E-state index in [4.69, 9.17) is 27.2 Å². The summed E-state index contributed by atoms with van der Waals surface area (Å²) in [6.45, 7) is 0.0359. The zero-order valence-electron chi connectivity index (χ0n) is 13.0. The summed E-state index contributed by atoms with van der Waals surface area (Å²) in [7, 11) is 0. The number of nitrogens with one attached hydrogen (secondary N) is 2. The highest BCUT2D eigenvalue weighted by molar-refractivity contribution is 6.30. The molecule has 1 aromatic carbocycles. The average molecular weight is 370 g/mol. The Labute approximate surface area is 146 Å². The maximum absolute atomic E-state index is 12.9. The first-order valence-electron chi connectivity index (χ1n) is 7.58. The highest BCUT2D eigenvalue weighted by atomic mass is 35.5. The number of hydrogen-bond donors (Lipinski definition) is 2. The van der Waals surface area contributed by atoms with Crippen molar-refractivity contribution in [3.63, 3.8) is 0 Å². The molecular formula is C17H15ClF3N3O. The molecule has 2 aromatic rings. The second-order valence-corrected chi connectivity index (χ2v) is 6.35. The number of benzene rings is 1. The SMILES string of the molecule is N=Cn1cc(C2CC2)c(COc2cc(Cl)cc(C(F)(F)F)c2)cc1=N. The summed E-state index contributed by atoms with van der Waals surface area (Å²) in [6, 6.07) is 4.66. The van der Waals surface area contributed by atoms with Gasteiger partial charge in [0.05, 0.1) is 11.9 Å². The zero-order valence-corrected chi connectivity index (χ0v) is 13.8. The van der Waals surface area contributed by atoms with Gasteiger partial charge in [-0.2, -0.15) is 13.2 Å². The molecule has 2 N–H and O–H groups in total. The van der Waals surface area contributed by atoms with Gasteiger partial charge in [0.2, 0.25) is 0 Å². The third-order valence-electron chi connectivity index (χ3n) is 3.99. The molecule has 0 atom stereocenters. The second-order valence-electron chi connectivity index (χ2n) is 5.91. The Morgan fingerprint density at radius 3 is 2.56 bits per heavy atom. The van der Waals surface area contributed by atoms with Crippen LogP contribution in [0.5, 0.6) is 5.75 Å². The molecule has 132 valence electrons. The lowest BCUT2D eigenvalue weighted by Crippen LogP contribution is -2.21. The summed E-state index contributed by atoms with van der Waals surface area (Å²) in [6.07, 6.45) is 0.282. The van der Waals surface area contributed by atoms with E-state index in [0.29, 0.717) is 5.92 Å². The second kappa shape index (κ2) is 6.55. The van der Waals surface area contributed by atoms with E-state index in [-0.39, 0.29) is 22.9 Å². The topological polar surface area (TPSA) is 61.9 Å². The van der Waals surface area contributed by atoms with Crippen LogP contribution in [-0.2, 0) is 12.8 Å². The molecule has 1 aliphatic carbocycles. The van der Waals surface area contributed by atoms with Crippen molar-refractivity contribution in [2.24, 2.45) is 0 Å². The predicted octanol–water partition coefficient (Wildman–Crippen LogP) is 4.55. The minimum absolute atomic E-state index is 0.0249. The molecule has 0 bridgehead atoms. The number of aromatic nitrogens is 1. The van der Waals surface area contributed by atoms with E-state index in [0.717, 1.165) is 42.4 Å². The first-order valence-corrected chi connectivity index (χ1v) is 7.96. The molecule has 1 saturated carbocycles. The van der Waals surface area contributed by atoms with Gasteiger partial charge in [0.1, 0.15) is 17.8 Å². The van der Waals surface area contributed by atoms with E-state index in [1.165, 1.54) is 10.6 Å². The van der Waals surface area contributed by atoms with Gasteiger partial charge in [-0.3, -0.25) is 15.4 Å². The maximum Gasteiger partial charge on any atom is 0.416 e. The summed E-state index contributed by atoms with van der Waals surface area (Å²) in [5.74, 6) is 0.368.